The van der Waals surface area contributed by atoms with E-state index in [0.717, 1.165) is 19.3 Å². The zero-order chi connectivity index (χ0) is 14.8. The van der Waals surface area contributed by atoms with Crippen LogP contribution in [0.25, 0.3) is 0 Å². The molecule has 110 valence electrons. The fraction of sp³-hybridized carbons (Fsp3) is 0.375. The Morgan fingerprint density at radius 3 is 3.05 bits per heavy atom. The summed E-state index contributed by atoms with van der Waals surface area (Å²) in [5.41, 5.74) is 3.02. The highest BCUT2D eigenvalue weighted by Gasteiger charge is 2.24. The number of amides is 1. The summed E-state index contributed by atoms with van der Waals surface area (Å²) in [6.07, 6.45) is 4.82. The van der Waals surface area contributed by atoms with Crippen LogP contribution < -0.4 is 10.1 Å². The van der Waals surface area contributed by atoms with Crippen LogP contribution in [0.1, 0.15) is 40.4 Å². The van der Waals surface area contributed by atoms with Gasteiger partial charge in [0.1, 0.15) is 5.56 Å². The molecule has 0 saturated carbocycles. The summed E-state index contributed by atoms with van der Waals surface area (Å²) in [5.74, 6) is 0.223. The van der Waals surface area contributed by atoms with Crippen molar-refractivity contribution in [2.75, 3.05) is 7.11 Å². The predicted octanol–water partition coefficient (Wildman–Crippen LogP) is 2.24. The van der Waals surface area contributed by atoms with Gasteiger partial charge in [-0.3, -0.25) is 9.48 Å². The maximum Gasteiger partial charge on any atom is 0.258 e. The van der Waals surface area contributed by atoms with E-state index in [0.29, 0.717) is 11.4 Å². The lowest BCUT2D eigenvalue weighted by molar-refractivity contribution is 0.0929. The topological polar surface area (TPSA) is 56.2 Å². The number of aromatic nitrogens is 2. The van der Waals surface area contributed by atoms with Crippen LogP contribution in [0.15, 0.2) is 30.5 Å². The summed E-state index contributed by atoms with van der Waals surface area (Å²) in [7, 11) is 3.30. The van der Waals surface area contributed by atoms with E-state index in [9.17, 15) is 4.79 Å². The molecule has 1 aliphatic carbocycles. The number of ether oxygens (including phenoxy) is 1. The fourth-order valence-corrected chi connectivity index (χ4v) is 2.91. The van der Waals surface area contributed by atoms with Gasteiger partial charge in [0.2, 0.25) is 5.88 Å². The standard InChI is InChI=1S/C16H19N3O2/c1-19-10-13(16(18-19)21-2)15(20)17-14-9-5-7-11-6-3-4-8-12(11)14/h3-4,6,8,10,14H,5,7,9H2,1-2H3,(H,17,20). The van der Waals surface area contributed by atoms with Crippen LogP contribution >= 0.6 is 0 Å². The molecule has 1 heterocycles. The van der Waals surface area contributed by atoms with Crippen molar-refractivity contribution in [2.24, 2.45) is 7.05 Å². The molecular formula is C16H19N3O2. The van der Waals surface area contributed by atoms with E-state index in [1.54, 1.807) is 17.9 Å². The fourth-order valence-electron chi connectivity index (χ4n) is 2.91. The first-order valence-corrected chi connectivity index (χ1v) is 7.15. The zero-order valence-electron chi connectivity index (χ0n) is 12.3. The van der Waals surface area contributed by atoms with Crippen LogP contribution in [-0.4, -0.2) is 22.8 Å². The molecule has 1 aromatic carbocycles. The molecule has 1 unspecified atom stereocenters. The van der Waals surface area contributed by atoms with Gasteiger partial charge in [-0.25, -0.2) is 0 Å². The Balaban J connectivity index is 1.82. The smallest absolute Gasteiger partial charge is 0.258 e. The Bertz CT molecular complexity index is 663. The van der Waals surface area contributed by atoms with Crippen LogP contribution in [-0.2, 0) is 13.5 Å². The molecule has 1 aromatic heterocycles. The molecule has 0 aliphatic heterocycles. The Morgan fingerprint density at radius 1 is 1.43 bits per heavy atom. The number of aryl methyl sites for hydroxylation is 2. The van der Waals surface area contributed by atoms with E-state index < -0.39 is 0 Å². The molecule has 5 nitrogen and oxygen atoms in total. The minimum Gasteiger partial charge on any atom is -0.479 e. The number of fused-ring (bicyclic) bond motifs is 1. The normalized spacial score (nSPS) is 17.1. The van der Waals surface area contributed by atoms with Crippen LogP contribution in [0, 0.1) is 0 Å². The molecule has 0 spiro atoms. The van der Waals surface area contributed by atoms with Crippen LogP contribution in [0.3, 0.4) is 0 Å². The largest absolute Gasteiger partial charge is 0.479 e. The quantitative estimate of drug-likeness (QED) is 0.941. The van der Waals surface area contributed by atoms with Crippen molar-refractivity contribution in [3.05, 3.63) is 47.2 Å². The van der Waals surface area contributed by atoms with Crippen molar-refractivity contribution < 1.29 is 9.53 Å². The first kappa shape index (κ1) is 13.7. The van der Waals surface area contributed by atoms with Crippen molar-refractivity contribution in [1.29, 1.82) is 0 Å². The van der Waals surface area contributed by atoms with Gasteiger partial charge in [0.25, 0.3) is 5.91 Å². The molecular weight excluding hydrogens is 266 g/mol. The highest BCUT2D eigenvalue weighted by Crippen LogP contribution is 2.30. The lowest BCUT2D eigenvalue weighted by Gasteiger charge is -2.26. The molecule has 1 amide bonds. The molecule has 21 heavy (non-hydrogen) atoms. The summed E-state index contributed by atoms with van der Waals surface area (Å²) in [6, 6.07) is 8.37. The second kappa shape index (κ2) is 5.60. The monoisotopic (exact) mass is 285 g/mol. The van der Waals surface area contributed by atoms with E-state index >= 15 is 0 Å². The van der Waals surface area contributed by atoms with Gasteiger partial charge in [-0.2, -0.15) is 0 Å². The third kappa shape index (κ3) is 2.63. The Labute approximate surface area is 123 Å². The minimum absolute atomic E-state index is 0.0624. The molecule has 1 N–H and O–H groups in total. The average molecular weight is 285 g/mol. The van der Waals surface area contributed by atoms with Gasteiger partial charge in [-0.15, -0.1) is 5.10 Å². The molecule has 0 radical (unpaired) electrons. The van der Waals surface area contributed by atoms with Crippen LogP contribution in [0.2, 0.25) is 0 Å². The zero-order valence-corrected chi connectivity index (χ0v) is 12.3. The van der Waals surface area contributed by atoms with E-state index in [4.69, 9.17) is 4.74 Å². The van der Waals surface area contributed by atoms with Crippen molar-refractivity contribution in [2.45, 2.75) is 25.3 Å². The summed E-state index contributed by atoms with van der Waals surface area (Å²) in [5, 5.41) is 7.23. The average Bonchev–Trinajstić information content (AvgIpc) is 2.89. The minimum atomic E-state index is -0.137. The van der Waals surface area contributed by atoms with Gasteiger partial charge in [-0.1, -0.05) is 24.3 Å². The number of hydrogen-bond acceptors (Lipinski definition) is 3. The van der Waals surface area contributed by atoms with Gasteiger partial charge >= 0.3 is 0 Å². The lowest BCUT2D eigenvalue weighted by Crippen LogP contribution is -2.31. The number of nitrogens with one attached hydrogen (secondary N) is 1. The van der Waals surface area contributed by atoms with Crippen LogP contribution in [0.5, 0.6) is 5.88 Å². The Kier molecular flexibility index (Phi) is 3.64. The highest BCUT2D eigenvalue weighted by molar-refractivity contribution is 5.96. The third-order valence-electron chi connectivity index (χ3n) is 3.91. The van der Waals surface area contributed by atoms with Crippen molar-refractivity contribution in [1.82, 2.24) is 15.1 Å². The molecule has 0 fully saturated rings. The molecule has 0 saturated heterocycles. The van der Waals surface area contributed by atoms with E-state index in [2.05, 4.69) is 22.5 Å². The summed E-state index contributed by atoms with van der Waals surface area (Å²) in [6.45, 7) is 0. The van der Waals surface area contributed by atoms with E-state index in [1.165, 1.54) is 18.2 Å². The number of benzene rings is 1. The molecule has 5 heteroatoms. The first-order valence-electron chi connectivity index (χ1n) is 7.15. The number of rotatable bonds is 3. The summed E-state index contributed by atoms with van der Waals surface area (Å²) in [4.78, 5) is 12.5. The first-order chi connectivity index (χ1) is 10.2. The summed E-state index contributed by atoms with van der Waals surface area (Å²) < 4.78 is 6.74. The lowest BCUT2D eigenvalue weighted by atomic mass is 9.87. The van der Waals surface area contributed by atoms with Crippen molar-refractivity contribution >= 4 is 5.91 Å². The second-order valence-electron chi connectivity index (χ2n) is 5.34. The molecule has 2 aromatic rings. The van der Waals surface area contributed by atoms with Gasteiger partial charge in [0.15, 0.2) is 0 Å². The predicted molar refractivity (Wildman–Crippen MR) is 79.3 cm³/mol. The molecule has 0 bridgehead atoms. The number of carbonyl (C=O) groups excluding carboxylic acids is 1. The number of carbonyl (C=O) groups is 1. The van der Waals surface area contributed by atoms with Crippen molar-refractivity contribution in [3.63, 3.8) is 0 Å². The number of nitrogens with zero attached hydrogens (tertiary/aromatic N) is 2. The van der Waals surface area contributed by atoms with Crippen molar-refractivity contribution in [3.8, 4) is 5.88 Å². The van der Waals surface area contributed by atoms with E-state index in [-0.39, 0.29) is 11.9 Å². The third-order valence-corrected chi connectivity index (χ3v) is 3.91. The number of methoxy groups -OCH3 is 1. The summed E-state index contributed by atoms with van der Waals surface area (Å²) >= 11 is 0. The molecule has 3 rings (SSSR count). The van der Waals surface area contributed by atoms with Gasteiger partial charge < -0.3 is 10.1 Å². The maximum absolute atomic E-state index is 12.5. The highest BCUT2D eigenvalue weighted by atomic mass is 16.5. The number of hydrogen-bond donors (Lipinski definition) is 1. The van der Waals surface area contributed by atoms with Gasteiger partial charge in [0.05, 0.1) is 13.2 Å². The maximum atomic E-state index is 12.5. The van der Waals surface area contributed by atoms with Gasteiger partial charge in [-0.05, 0) is 30.4 Å². The Morgan fingerprint density at radius 2 is 2.24 bits per heavy atom. The van der Waals surface area contributed by atoms with Gasteiger partial charge in [0, 0.05) is 13.2 Å². The molecule has 1 aliphatic rings. The SMILES string of the molecule is COc1nn(C)cc1C(=O)NC1CCCc2ccccc21. The second-order valence-corrected chi connectivity index (χ2v) is 5.34. The Hall–Kier alpha value is -2.30. The molecule has 1 atom stereocenters. The van der Waals surface area contributed by atoms with Crippen LogP contribution in [0.4, 0.5) is 0 Å². The van der Waals surface area contributed by atoms with E-state index in [1.807, 2.05) is 12.1 Å².